The molecule has 0 aliphatic carbocycles. The summed E-state index contributed by atoms with van der Waals surface area (Å²) in [6, 6.07) is 42.9. The number of piperidine rings is 2. The molecule has 410 valence electrons. The maximum Gasteiger partial charge on any atom is 0.534 e. The summed E-state index contributed by atoms with van der Waals surface area (Å²) < 4.78 is 78.1. The fourth-order valence-corrected chi connectivity index (χ4v) is 8.65. The smallest absolute Gasteiger partial charge is 0.508 e. The highest BCUT2D eigenvalue weighted by atomic mass is 32.2. The van der Waals surface area contributed by atoms with Gasteiger partial charge in [0.2, 0.25) is 0 Å². The van der Waals surface area contributed by atoms with Crippen LogP contribution in [0.5, 0.6) is 11.5 Å². The summed E-state index contributed by atoms with van der Waals surface area (Å²) in [5.41, 5.74) is 0.891. The number of benzene rings is 5. The van der Waals surface area contributed by atoms with E-state index < -0.39 is 21.7 Å². The summed E-state index contributed by atoms with van der Waals surface area (Å²) in [6.07, 6.45) is 5.83. The number of Topliss-reactive ketones (excluding diaryl/α,β-unsaturated/α-hetero) is 1. The van der Waals surface area contributed by atoms with Crippen molar-refractivity contribution in [2.24, 2.45) is 0 Å². The first kappa shape index (κ1) is 58.4. The largest absolute Gasteiger partial charge is 0.534 e. The molecule has 2 saturated heterocycles. The van der Waals surface area contributed by atoms with Crippen molar-refractivity contribution in [1.29, 1.82) is 0 Å². The summed E-state index contributed by atoms with van der Waals surface area (Å²) in [6.45, 7) is 4.91. The van der Waals surface area contributed by atoms with Gasteiger partial charge >= 0.3 is 33.9 Å². The Morgan fingerprint density at radius 2 is 0.974 bits per heavy atom. The Kier molecular flexibility index (Phi) is 22.3. The van der Waals surface area contributed by atoms with E-state index in [2.05, 4.69) is 9.50 Å². The Labute approximate surface area is 446 Å². The van der Waals surface area contributed by atoms with Crippen LogP contribution in [0, 0.1) is 0 Å². The number of phenols is 2. The summed E-state index contributed by atoms with van der Waals surface area (Å²) in [5, 5.41) is 21.8. The van der Waals surface area contributed by atoms with E-state index in [1.165, 1.54) is 28.9 Å². The number of hydrogen-bond acceptors (Lipinski definition) is 13. The van der Waals surface area contributed by atoms with Gasteiger partial charge < -0.3 is 48.6 Å². The first-order valence-corrected chi connectivity index (χ1v) is 26.5. The molecule has 16 nitrogen and oxygen atoms in total. The summed E-state index contributed by atoms with van der Waals surface area (Å²) in [7, 11) is -5.68. The Bertz CT molecular complexity index is 2820. The van der Waals surface area contributed by atoms with Crippen LogP contribution >= 0.6 is 0 Å². The standard InChI is InChI=1S/C19H19NO3.C14H14F3NO5S.C13H15NO3.C11H15NO/c21-18-8-6-16(7-9-18)17-10-12-20(13-11-17)19(22)23-14-15-4-2-1-3-5-15;15-14(16,17)24(20,21)23-12-6-8-18(9-7-12)13(19)22-10-11-4-2-1-3-5-11;15-12-6-8-14(9-7-12)13(16)17-10-11-4-2-1-3-5-11;13-11-3-1-9(2-4-11)10-5-7-12-8-6-10/h1-10,21H,11-14H2;1-6H,7-10H2;1-5H,6-10H2;1-4,10,12-13H,5-8H2. The van der Waals surface area contributed by atoms with Crippen LogP contribution in [0.1, 0.15) is 72.3 Å². The van der Waals surface area contributed by atoms with Crippen molar-refractivity contribution in [1.82, 2.24) is 20.0 Å². The van der Waals surface area contributed by atoms with Crippen LogP contribution < -0.4 is 5.32 Å². The fourth-order valence-electron chi connectivity index (χ4n) is 8.13. The molecule has 4 heterocycles. The number of ether oxygens (including phenoxy) is 3. The third kappa shape index (κ3) is 19.7. The molecule has 0 unspecified atom stereocenters. The molecule has 9 rings (SSSR count). The number of alkyl halides is 3. The number of carbonyl (C=O) groups is 4. The van der Waals surface area contributed by atoms with Crippen molar-refractivity contribution in [2.75, 3.05) is 52.4 Å². The van der Waals surface area contributed by atoms with Gasteiger partial charge in [-0.3, -0.25) is 4.79 Å². The van der Waals surface area contributed by atoms with E-state index in [0.29, 0.717) is 57.3 Å². The average molecular weight is 1090 g/mol. The minimum atomic E-state index is -5.68. The SMILES string of the molecule is O=C(OCc1ccccc1)N1CC=C(OS(=O)(=O)C(F)(F)F)CC1.O=C(OCc1ccccc1)N1CC=C(c2ccc(O)cc2)CC1.O=C1CCN(C(=O)OCc2ccccc2)CC1.Oc1ccc(C2CCNCC2)cc1. The average Bonchev–Trinajstić information content (AvgIpc) is 3.45. The molecular weight excluding hydrogens is 1020 g/mol. The second-order valence-corrected chi connectivity index (χ2v) is 19.6. The van der Waals surface area contributed by atoms with Gasteiger partial charge in [-0.05, 0) is 102 Å². The minimum Gasteiger partial charge on any atom is -0.508 e. The van der Waals surface area contributed by atoms with Crippen LogP contribution in [0.25, 0.3) is 5.57 Å². The molecule has 5 aromatic rings. The molecule has 0 radical (unpaired) electrons. The summed E-state index contributed by atoms with van der Waals surface area (Å²) >= 11 is 0. The number of carbonyl (C=O) groups excluding carboxylic acids is 4. The Hall–Kier alpha value is -7.84. The van der Waals surface area contributed by atoms with Gasteiger partial charge in [0.05, 0.1) is 0 Å². The lowest BCUT2D eigenvalue weighted by Crippen LogP contribution is -2.38. The first-order chi connectivity index (χ1) is 37.0. The lowest BCUT2D eigenvalue weighted by molar-refractivity contribution is -0.121. The molecule has 2 fully saturated rings. The first-order valence-electron chi connectivity index (χ1n) is 25.1. The molecule has 0 bridgehead atoms. The second-order valence-electron chi connectivity index (χ2n) is 18.1. The van der Waals surface area contributed by atoms with Crippen molar-refractivity contribution in [3.05, 3.63) is 185 Å². The molecular formula is C57H63F3N4O12S. The normalized spacial score (nSPS) is 15.8. The third-order valence-electron chi connectivity index (χ3n) is 12.5. The highest BCUT2D eigenvalue weighted by Crippen LogP contribution is 2.29. The molecule has 4 aliphatic heterocycles. The molecule has 20 heteroatoms. The van der Waals surface area contributed by atoms with E-state index in [1.54, 1.807) is 58.3 Å². The summed E-state index contributed by atoms with van der Waals surface area (Å²) in [4.78, 5) is 51.2. The van der Waals surface area contributed by atoms with E-state index >= 15 is 0 Å². The van der Waals surface area contributed by atoms with Gasteiger partial charge in [-0.15, -0.1) is 0 Å². The molecule has 4 aliphatic rings. The number of amides is 3. The Morgan fingerprint density at radius 3 is 1.39 bits per heavy atom. The second kappa shape index (κ2) is 29.5. The van der Waals surface area contributed by atoms with Gasteiger partial charge in [-0.25, -0.2) is 14.4 Å². The van der Waals surface area contributed by atoms with E-state index in [9.17, 15) is 45.9 Å². The number of phenolic OH excluding ortho intramolecular Hbond substituents is 2. The van der Waals surface area contributed by atoms with Crippen molar-refractivity contribution in [2.45, 2.75) is 69.8 Å². The maximum atomic E-state index is 12.2. The van der Waals surface area contributed by atoms with Crippen molar-refractivity contribution < 1.29 is 69.4 Å². The molecule has 0 aromatic heterocycles. The lowest BCUT2D eigenvalue weighted by atomic mass is 9.90. The van der Waals surface area contributed by atoms with Crippen LogP contribution in [0.4, 0.5) is 27.6 Å². The van der Waals surface area contributed by atoms with Gasteiger partial charge in [0, 0.05) is 58.5 Å². The number of rotatable bonds is 10. The van der Waals surface area contributed by atoms with E-state index in [-0.39, 0.29) is 62.2 Å². The number of nitrogens with one attached hydrogen (secondary N) is 1. The van der Waals surface area contributed by atoms with Crippen molar-refractivity contribution in [3.63, 3.8) is 0 Å². The Morgan fingerprint density at radius 1 is 0.558 bits per heavy atom. The van der Waals surface area contributed by atoms with Crippen LogP contribution in [-0.4, -0.2) is 115 Å². The predicted octanol–water partition coefficient (Wildman–Crippen LogP) is 10.4. The quantitative estimate of drug-likeness (QED) is 0.0678. The monoisotopic (exact) mass is 1080 g/mol. The van der Waals surface area contributed by atoms with E-state index in [4.69, 9.17) is 19.3 Å². The molecule has 0 saturated carbocycles. The van der Waals surface area contributed by atoms with Gasteiger partial charge in [-0.1, -0.05) is 121 Å². The highest BCUT2D eigenvalue weighted by molar-refractivity contribution is 7.87. The van der Waals surface area contributed by atoms with Crippen LogP contribution in [-0.2, 0) is 53.1 Å². The number of ketones is 1. The predicted molar refractivity (Wildman–Crippen MR) is 281 cm³/mol. The summed E-state index contributed by atoms with van der Waals surface area (Å²) in [5.74, 6) is 1.17. The minimum absolute atomic E-state index is 0.00711. The number of hydrogen-bond donors (Lipinski definition) is 3. The van der Waals surface area contributed by atoms with Crippen molar-refractivity contribution in [3.8, 4) is 11.5 Å². The topological polar surface area (TPSA) is 202 Å². The molecule has 0 atom stereocenters. The lowest BCUT2D eigenvalue weighted by Gasteiger charge is -2.26. The van der Waals surface area contributed by atoms with E-state index in [1.807, 2.05) is 97.1 Å². The number of nitrogens with zero attached hydrogens (tertiary/aromatic N) is 3. The van der Waals surface area contributed by atoms with Gasteiger partial charge in [0.1, 0.15) is 42.9 Å². The number of aromatic hydroxyl groups is 2. The molecule has 3 amide bonds. The van der Waals surface area contributed by atoms with Crippen molar-refractivity contribution >= 4 is 39.8 Å². The zero-order chi connectivity index (χ0) is 55.0. The zero-order valence-corrected chi connectivity index (χ0v) is 43.2. The number of halogens is 3. The number of likely N-dealkylation sites (tertiary alicyclic amines) is 1. The fraction of sp³-hybridized carbons (Fsp3) is 0.333. The van der Waals surface area contributed by atoms with Crippen LogP contribution in [0.15, 0.2) is 157 Å². The van der Waals surface area contributed by atoms with Gasteiger partial charge in [-0.2, -0.15) is 21.6 Å². The molecule has 0 spiro atoms. The van der Waals surface area contributed by atoms with Gasteiger partial charge in [0.25, 0.3) is 0 Å². The molecule has 5 aromatic carbocycles. The zero-order valence-electron chi connectivity index (χ0n) is 42.4. The molecule has 77 heavy (non-hydrogen) atoms. The molecule has 3 N–H and O–H groups in total. The van der Waals surface area contributed by atoms with Crippen LogP contribution in [0.3, 0.4) is 0 Å². The highest BCUT2D eigenvalue weighted by Gasteiger charge is 2.49. The third-order valence-corrected chi connectivity index (χ3v) is 13.5. The van der Waals surface area contributed by atoms with Gasteiger partial charge in [0.15, 0.2) is 0 Å². The van der Waals surface area contributed by atoms with Crippen LogP contribution in [0.2, 0.25) is 0 Å². The van der Waals surface area contributed by atoms with E-state index in [0.717, 1.165) is 47.8 Å². The Balaban J connectivity index is 0.000000170. The maximum absolute atomic E-state index is 12.2.